The molecule has 0 radical (unpaired) electrons. The maximum absolute atomic E-state index is 14.2. The van der Waals surface area contributed by atoms with Gasteiger partial charge in [-0.25, -0.2) is 0 Å². The van der Waals surface area contributed by atoms with Crippen LogP contribution in [-0.2, 0) is 9.59 Å². The van der Waals surface area contributed by atoms with Crippen molar-refractivity contribution in [2.45, 2.75) is 62.7 Å². The van der Waals surface area contributed by atoms with Gasteiger partial charge in [-0.2, -0.15) is 0 Å². The molecule has 6 fully saturated rings. The Bertz CT molecular complexity index is 2080. The number of carbonyl (C=O) groups is 2. The Morgan fingerprint density at radius 2 is 1.21 bits per heavy atom. The van der Waals surface area contributed by atoms with Crippen LogP contribution in [0.25, 0.3) is 21.8 Å². The number of hydrogen-bond acceptors (Lipinski definition) is 8. The van der Waals surface area contributed by atoms with Gasteiger partial charge in [0.15, 0.2) is 0 Å². The summed E-state index contributed by atoms with van der Waals surface area (Å²) in [6.45, 7) is 12.3. The molecule has 2 aromatic heterocycles. The van der Waals surface area contributed by atoms with Crippen LogP contribution in [0.5, 0.6) is 0 Å². The van der Waals surface area contributed by atoms with Crippen molar-refractivity contribution >= 4 is 33.4 Å². The summed E-state index contributed by atoms with van der Waals surface area (Å²) in [6, 6.07) is 20.9. The molecule has 4 aromatic rings. The largest absolute Gasteiger partial charge is 0.378 e. The number of fused-ring (bicyclic) bond motifs is 8. The molecule has 2 aromatic carbocycles. The average Bonchev–Trinajstić information content (AvgIpc) is 3.21. The highest BCUT2D eigenvalue weighted by atomic mass is 16.2. The van der Waals surface area contributed by atoms with Crippen LogP contribution in [0.2, 0.25) is 0 Å². The van der Waals surface area contributed by atoms with Crippen LogP contribution in [0.1, 0.15) is 61.7 Å². The van der Waals surface area contributed by atoms with E-state index in [4.69, 9.17) is 9.97 Å². The van der Waals surface area contributed by atoms with Crippen molar-refractivity contribution in [1.82, 2.24) is 30.4 Å². The van der Waals surface area contributed by atoms with Gasteiger partial charge in [0.1, 0.15) is 5.70 Å². The van der Waals surface area contributed by atoms with Gasteiger partial charge in [-0.3, -0.25) is 29.4 Å². The van der Waals surface area contributed by atoms with Crippen molar-refractivity contribution in [3.63, 3.8) is 0 Å². The number of aromatic nitrogens is 2. The molecule has 8 heterocycles. The summed E-state index contributed by atoms with van der Waals surface area (Å²) in [7, 11) is 0. The Kier molecular flexibility index (Phi) is 8.76. The van der Waals surface area contributed by atoms with Gasteiger partial charge < -0.3 is 10.6 Å². The number of carbonyl (C=O) groups excluding carboxylic acids is 2. The third-order valence-electron chi connectivity index (χ3n) is 13.1. The van der Waals surface area contributed by atoms with Crippen LogP contribution in [0, 0.1) is 23.7 Å². The van der Waals surface area contributed by atoms with E-state index in [9.17, 15) is 9.59 Å². The molecule has 52 heavy (non-hydrogen) atoms. The Labute approximate surface area is 306 Å². The van der Waals surface area contributed by atoms with E-state index in [0.29, 0.717) is 35.8 Å². The summed E-state index contributed by atoms with van der Waals surface area (Å²) < 4.78 is 0. The van der Waals surface area contributed by atoms with Crippen molar-refractivity contribution < 1.29 is 9.59 Å². The molecule has 2 N–H and O–H groups in total. The molecule has 6 saturated heterocycles. The van der Waals surface area contributed by atoms with E-state index >= 15 is 0 Å². The zero-order chi connectivity index (χ0) is 35.3. The second-order valence-corrected chi connectivity index (χ2v) is 15.7. The molecule has 8 heteroatoms. The topological polar surface area (TPSA) is 90.5 Å². The fraction of sp³-hybridized carbons (Fsp3) is 0.409. The zero-order valence-corrected chi connectivity index (χ0v) is 29.8. The SMILES string of the molecule is C=CC1CN2CCC1CC2C(NC1=C(NC(c2ccnc3ccccc23)C2CC3CCN2CC3C=C)C(=O)C(=O)CC1)c1ccnc2ccccc12. The van der Waals surface area contributed by atoms with Crippen LogP contribution in [-0.4, -0.2) is 69.6 Å². The summed E-state index contributed by atoms with van der Waals surface area (Å²) >= 11 is 0. The number of pyridine rings is 2. The number of ketones is 2. The molecule has 0 amide bonds. The normalized spacial score (nSPS) is 31.1. The number of rotatable bonds is 10. The van der Waals surface area contributed by atoms with Crippen LogP contribution >= 0.6 is 0 Å². The molecule has 6 aliphatic heterocycles. The van der Waals surface area contributed by atoms with E-state index in [0.717, 1.165) is 78.5 Å². The predicted molar refractivity (Wildman–Crippen MR) is 205 cm³/mol. The van der Waals surface area contributed by atoms with Gasteiger partial charge in [-0.1, -0.05) is 48.6 Å². The molecule has 0 saturated carbocycles. The molecular formula is C44H48N6O2. The highest BCUT2D eigenvalue weighted by Crippen LogP contribution is 2.45. The van der Waals surface area contributed by atoms with Crippen molar-refractivity contribution in [3.05, 3.63) is 121 Å². The van der Waals surface area contributed by atoms with Crippen molar-refractivity contribution in [2.24, 2.45) is 23.7 Å². The molecule has 8 nitrogen and oxygen atoms in total. The number of para-hydroxylation sites is 2. The molecule has 10 unspecified atom stereocenters. The van der Waals surface area contributed by atoms with E-state index in [1.165, 1.54) is 12.0 Å². The van der Waals surface area contributed by atoms with Gasteiger partial charge in [0.05, 0.1) is 23.1 Å². The van der Waals surface area contributed by atoms with E-state index in [-0.39, 0.29) is 36.4 Å². The third-order valence-corrected chi connectivity index (χ3v) is 13.1. The summed E-state index contributed by atoms with van der Waals surface area (Å²) in [5.41, 5.74) is 5.43. The first-order valence-electron chi connectivity index (χ1n) is 19.2. The minimum absolute atomic E-state index is 0.0998. The Morgan fingerprint density at radius 1 is 0.692 bits per heavy atom. The quantitative estimate of drug-likeness (QED) is 0.141. The van der Waals surface area contributed by atoms with Crippen molar-refractivity contribution in [3.8, 4) is 0 Å². The fourth-order valence-electron chi connectivity index (χ4n) is 10.4. The summed E-state index contributed by atoms with van der Waals surface area (Å²) in [5.74, 6) is 1.32. The molecule has 0 spiro atoms. The van der Waals surface area contributed by atoms with E-state index in [2.05, 4.69) is 88.2 Å². The molecule has 11 rings (SSSR count). The van der Waals surface area contributed by atoms with Crippen molar-refractivity contribution in [2.75, 3.05) is 26.2 Å². The van der Waals surface area contributed by atoms with Crippen molar-refractivity contribution in [1.29, 1.82) is 0 Å². The van der Waals surface area contributed by atoms with E-state index in [1.54, 1.807) is 0 Å². The van der Waals surface area contributed by atoms with Gasteiger partial charge in [-0.05, 0) is 104 Å². The van der Waals surface area contributed by atoms with Crippen LogP contribution in [0.4, 0.5) is 0 Å². The zero-order valence-electron chi connectivity index (χ0n) is 29.8. The fourth-order valence-corrected chi connectivity index (χ4v) is 10.4. The number of nitrogens with one attached hydrogen (secondary N) is 2. The van der Waals surface area contributed by atoms with Gasteiger partial charge >= 0.3 is 0 Å². The number of allylic oxidation sites excluding steroid dienone is 2. The minimum Gasteiger partial charge on any atom is -0.378 e. The number of benzene rings is 2. The summed E-state index contributed by atoms with van der Waals surface area (Å²) in [6.07, 6.45) is 13.1. The van der Waals surface area contributed by atoms with Crippen LogP contribution < -0.4 is 10.6 Å². The number of Topliss-reactive ketones (excluding diaryl/α,β-unsaturated/α-hetero) is 2. The molecule has 7 aliphatic rings. The van der Waals surface area contributed by atoms with Gasteiger partial charge in [0, 0.05) is 60.5 Å². The summed E-state index contributed by atoms with van der Waals surface area (Å²) in [4.78, 5) is 42.2. The third kappa shape index (κ3) is 5.77. The molecular weight excluding hydrogens is 645 g/mol. The first kappa shape index (κ1) is 33.2. The lowest BCUT2D eigenvalue weighted by Crippen LogP contribution is -2.58. The number of nitrogens with zero attached hydrogens (tertiary/aromatic N) is 4. The van der Waals surface area contributed by atoms with E-state index < -0.39 is 5.78 Å². The molecule has 4 bridgehead atoms. The van der Waals surface area contributed by atoms with Crippen LogP contribution in [0.15, 0.2) is 110 Å². The molecule has 10 atom stereocenters. The van der Waals surface area contributed by atoms with Gasteiger partial charge in [0.2, 0.25) is 11.6 Å². The summed E-state index contributed by atoms with van der Waals surface area (Å²) in [5, 5.41) is 10.0. The minimum atomic E-state index is -0.424. The highest BCUT2D eigenvalue weighted by molar-refractivity contribution is 6.44. The monoisotopic (exact) mass is 692 g/mol. The number of hydrogen-bond donors (Lipinski definition) is 2. The lowest BCUT2D eigenvalue weighted by Gasteiger charge is -2.52. The maximum atomic E-state index is 14.2. The van der Waals surface area contributed by atoms with Crippen LogP contribution in [0.3, 0.4) is 0 Å². The first-order valence-corrected chi connectivity index (χ1v) is 19.2. The second-order valence-electron chi connectivity index (χ2n) is 15.7. The van der Waals surface area contributed by atoms with Gasteiger partial charge in [-0.15, -0.1) is 13.2 Å². The maximum Gasteiger partial charge on any atom is 0.246 e. The smallest absolute Gasteiger partial charge is 0.246 e. The Balaban J connectivity index is 1.16. The highest BCUT2D eigenvalue weighted by Gasteiger charge is 2.46. The standard InChI is InChI=1S/C44H48N6O2/c1-3-27-25-49-21-17-29(27)23-38(49)41(33-15-19-45-35-11-7-5-9-31(33)35)47-37-13-14-40(51)44(52)43(37)48-42(34-16-20-46-36-12-8-6-10-32(34)36)39-24-30-18-22-50(39)26-28(30)4-2/h3-12,15-16,19-20,27-30,38-39,41-42,47-48H,1-2,13-14,17-18,21-26H2. The lowest BCUT2D eigenvalue weighted by molar-refractivity contribution is -0.135. The molecule has 1 aliphatic carbocycles. The first-order chi connectivity index (χ1) is 25.5. The predicted octanol–water partition coefficient (Wildman–Crippen LogP) is 6.68. The second kappa shape index (κ2) is 13.7. The Hall–Kier alpha value is -4.66. The van der Waals surface area contributed by atoms with E-state index in [1.807, 2.05) is 30.6 Å². The van der Waals surface area contributed by atoms with Gasteiger partial charge in [0.25, 0.3) is 0 Å². The lowest BCUT2D eigenvalue weighted by atomic mass is 9.72. The average molecular weight is 693 g/mol. The Morgan fingerprint density at radius 3 is 1.71 bits per heavy atom. The number of piperidine rings is 6. The molecule has 266 valence electrons.